The minimum atomic E-state index is 0.343. The van der Waals surface area contributed by atoms with Crippen molar-refractivity contribution in [2.45, 2.75) is 44.6 Å². The third-order valence-electron chi connectivity index (χ3n) is 3.47. The van der Waals surface area contributed by atoms with Crippen molar-refractivity contribution >= 4 is 0 Å². The van der Waals surface area contributed by atoms with Crippen LogP contribution in [0.5, 0.6) is 0 Å². The van der Waals surface area contributed by atoms with Gasteiger partial charge in [-0.3, -0.25) is 4.90 Å². The van der Waals surface area contributed by atoms with Crippen LogP contribution in [-0.4, -0.2) is 35.7 Å². The Morgan fingerprint density at radius 3 is 2.23 bits per heavy atom. The molecule has 1 atom stereocenters. The van der Waals surface area contributed by atoms with Crippen molar-refractivity contribution < 1.29 is 5.11 Å². The fourth-order valence-corrected chi connectivity index (χ4v) is 2.45. The molecule has 1 N–H and O–H groups in total. The van der Waals surface area contributed by atoms with Crippen molar-refractivity contribution in [1.29, 1.82) is 0 Å². The Labute approximate surface area is 80.9 Å². The highest BCUT2D eigenvalue weighted by Gasteiger charge is 2.32. The Kier molecular flexibility index (Phi) is 3.23. The molecule has 2 rings (SSSR count). The van der Waals surface area contributed by atoms with Gasteiger partial charge in [-0.1, -0.05) is 12.8 Å². The lowest BCUT2D eigenvalue weighted by Crippen LogP contribution is -2.46. The van der Waals surface area contributed by atoms with E-state index in [2.05, 4.69) is 4.90 Å². The zero-order valence-electron chi connectivity index (χ0n) is 8.34. The number of aliphatic hydroxyl groups is 1. The molecule has 1 saturated carbocycles. The van der Waals surface area contributed by atoms with Gasteiger partial charge in [0.2, 0.25) is 0 Å². The van der Waals surface area contributed by atoms with E-state index in [1.165, 1.54) is 51.6 Å². The third kappa shape index (κ3) is 2.05. The molecule has 1 unspecified atom stereocenters. The lowest BCUT2D eigenvalue weighted by Gasteiger charge is -2.41. The summed E-state index contributed by atoms with van der Waals surface area (Å²) < 4.78 is 0. The summed E-state index contributed by atoms with van der Waals surface area (Å²) in [6.07, 6.45) is 7.90. The van der Waals surface area contributed by atoms with Crippen LogP contribution in [0.15, 0.2) is 0 Å². The van der Waals surface area contributed by atoms with Gasteiger partial charge in [0.25, 0.3) is 0 Å². The molecule has 1 aliphatic heterocycles. The first kappa shape index (κ1) is 9.47. The highest BCUT2D eigenvalue weighted by molar-refractivity contribution is 5.08. The first-order chi connectivity index (χ1) is 6.42. The number of nitrogens with zero attached hydrogens (tertiary/aromatic N) is 1. The second-order valence-electron chi connectivity index (χ2n) is 4.31. The van der Waals surface area contributed by atoms with E-state index in [1.807, 2.05) is 0 Å². The summed E-state index contributed by atoms with van der Waals surface area (Å²) in [4.78, 5) is 2.48. The maximum atomic E-state index is 9.35. The average Bonchev–Trinajstić information content (AvgIpc) is 2.12. The second kappa shape index (κ2) is 4.43. The summed E-state index contributed by atoms with van der Waals surface area (Å²) >= 11 is 0. The standard InChI is InChI=1S/C11H20NO/c13-9-11(10-5-4-6-10)12-7-2-1-3-8-12/h11,13H,1-9H2. The number of hydrogen-bond acceptors (Lipinski definition) is 2. The number of piperidine rings is 1. The van der Waals surface area contributed by atoms with Gasteiger partial charge in [-0.05, 0) is 44.7 Å². The van der Waals surface area contributed by atoms with Crippen molar-refractivity contribution in [2.24, 2.45) is 0 Å². The molecule has 2 nitrogen and oxygen atoms in total. The Morgan fingerprint density at radius 2 is 1.77 bits per heavy atom. The van der Waals surface area contributed by atoms with E-state index in [1.54, 1.807) is 5.92 Å². The molecule has 1 aliphatic carbocycles. The maximum Gasteiger partial charge on any atom is 0.0592 e. The van der Waals surface area contributed by atoms with Crippen molar-refractivity contribution in [2.75, 3.05) is 19.7 Å². The van der Waals surface area contributed by atoms with Gasteiger partial charge in [-0.15, -0.1) is 0 Å². The molecule has 2 aliphatic rings. The molecule has 0 spiro atoms. The number of aliphatic hydroxyl groups excluding tert-OH is 1. The van der Waals surface area contributed by atoms with Gasteiger partial charge in [-0.25, -0.2) is 0 Å². The highest BCUT2D eigenvalue weighted by atomic mass is 16.3. The van der Waals surface area contributed by atoms with Crippen LogP contribution in [0.25, 0.3) is 0 Å². The largest absolute Gasteiger partial charge is 0.395 e. The molecular formula is C11H20NO. The monoisotopic (exact) mass is 182 g/mol. The molecule has 0 aromatic carbocycles. The van der Waals surface area contributed by atoms with E-state index >= 15 is 0 Å². The maximum absolute atomic E-state index is 9.35. The summed E-state index contributed by atoms with van der Waals surface area (Å²) in [6.45, 7) is 2.75. The van der Waals surface area contributed by atoms with Crippen LogP contribution in [-0.2, 0) is 0 Å². The second-order valence-corrected chi connectivity index (χ2v) is 4.31. The van der Waals surface area contributed by atoms with Crippen LogP contribution in [0.3, 0.4) is 0 Å². The van der Waals surface area contributed by atoms with Crippen LogP contribution in [0.2, 0.25) is 0 Å². The van der Waals surface area contributed by atoms with Crippen molar-refractivity contribution in [3.8, 4) is 0 Å². The van der Waals surface area contributed by atoms with Crippen molar-refractivity contribution in [3.05, 3.63) is 5.92 Å². The molecule has 1 saturated heterocycles. The predicted octanol–water partition coefficient (Wildman–Crippen LogP) is 1.59. The van der Waals surface area contributed by atoms with Crippen LogP contribution >= 0.6 is 0 Å². The lowest BCUT2D eigenvalue weighted by atomic mass is 9.79. The number of hydrogen-bond donors (Lipinski definition) is 1. The molecule has 13 heavy (non-hydrogen) atoms. The van der Waals surface area contributed by atoms with E-state index in [-0.39, 0.29) is 0 Å². The average molecular weight is 182 g/mol. The normalized spacial score (nSPS) is 28.4. The van der Waals surface area contributed by atoms with E-state index in [9.17, 15) is 5.11 Å². The van der Waals surface area contributed by atoms with Crippen LogP contribution < -0.4 is 0 Å². The van der Waals surface area contributed by atoms with E-state index in [4.69, 9.17) is 0 Å². The highest BCUT2D eigenvalue weighted by Crippen LogP contribution is 2.35. The molecule has 1 radical (unpaired) electrons. The lowest BCUT2D eigenvalue weighted by molar-refractivity contribution is 0.0967. The first-order valence-electron chi connectivity index (χ1n) is 5.61. The molecule has 2 heteroatoms. The smallest absolute Gasteiger partial charge is 0.0592 e. The first-order valence-corrected chi connectivity index (χ1v) is 5.61. The van der Waals surface area contributed by atoms with Gasteiger partial charge in [0, 0.05) is 6.04 Å². The minimum Gasteiger partial charge on any atom is -0.395 e. The summed E-state index contributed by atoms with van der Waals surface area (Å²) in [5, 5.41) is 9.35. The zero-order chi connectivity index (χ0) is 9.10. The summed E-state index contributed by atoms with van der Waals surface area (Å²) in [5.74, 6) is 1.60. The Hall–Kier alpha value is -0.0800. The Morgan fingerprint density at radius 1 is 1.08 bits per heavy atom. The fraction of sp³-hybridized carbons (Fsp3) is 0.909. The molecule has 0 amide bonds. The molecule has 0 bridgehead atoms. The van der Waals surface area contributed by atoms with Gasteiger partial charge in [0.15, 0.2) is 0 Å². The van der Waals surface area contributed by atoms with Gasteiger partial charge in [0.1, 0.15) is 0 Å². The van der Waals surface area contributed by atoms with E-state index in [0.717, 1.165) is 0 Å². The van der Waals surface area contributed by atoms with Crippen LogP contribution in [0.4, 0.5) is 0 Å². The molecular weight excluding hydrogens is 162 g/mol. The topological polar surface area (TPSA) is 23.5 Å². The predicted molar refractivity (Wildman–Crippen MR) is 53.4 cm³/mol. The van der Waals surface area contributed by atoms with Crippen molar-refractivity contribution in [3.63, 3.8) is 0 Å². The third-order valence-corrected chi connectivity index (χ3v) is 3.47. The number of rotatable bonds is 3. The summed E-state index contributed by atoms with van der Waals surface area (Å²) in [5.41, 5.74) is 0. The molecule has 0 aromatic rings. The Balaban J connectivity index is 1.86. The van der Waals surface area contributed by atoms with Gasteiger partial charge in [0.05, 0.1) is 6.61 Å². The number of likely N-dealkylation sites (tertiary alicyclic amines) is 1. The Bertz CT molecular complexity index is 150. The summed E-state index contributed by atoms with van der Waals surface area (Å²) in [7, 11) is 0. The van der Waals surface area contributed by atoms with Crippen LogP contribution in [0.1, 0.15) is 38.5 Å². The zero-order valence-corrected chi connectivity index (χ0v) is 8.34. The quantitative estimate of drug-likeness (QED) is 0.716. The van der Waals surface area contributed by atoms with Crippen molar-refractivity contribution in [1.82, 2.24) is 4.90 Å². The molecule has 0 aromatic heterocycles. The van der Waals surface area contributed by atoms with E-state index < -0.39 is 0 Å². The van der Waals surface area contributed by atoms with Crippen LogP contribution in [0, 0.1) is 5.92 Å². The molecule has 2 fully saturated rings. The summed E-state index contributed by atoms with van der Waals surface area (Å²) in [6, 6.07) is 0.411. The molecule has 1 heterocycles. The van der Waals surface area contributed by atoms with Gasteiger partial charge in [-0.2, -0.15) is 0 Å². The fourth-order valence-electron chi connectivity index (χ4n) is 2.45. The van der Waals surface area contributed by atoms with Gasteiger partial charge >= 0.3 is 0 Å². The van der Waals surface area contributed by atoms with E-state index in [0.29, 0.717) is 12.6 Å². The minimum absolute atomic E-state index is 0.343. The van der Waals surface area contributed by atoms with Gasteiger partial charge < -0.3 is 5.11 Å². The SMILES string of the molecule is OCC([C]1CCC1)N1CCCCC1. The molecule has 75 valence electrons.